The molecule has 27 heavy (non-hydrogen) atoms. The summed E-state index contributed by atoms with van der Waals surface area (Å²) in [5.41, 5.74) is 1.90. The van der Waals surface area contributed by atoms with Crippen molar-refractivity contribution in [3.63, 3.8) is 0 Å². The molecule has 146 valence electrons. The fourth-order valence-corrected chi connectivity index (χ4v) is 2.91. The van der Waals surface area contributed by atoms with Gasteiger partial charge in [0.25, 0.3) is 0 Å². The topological polar surface area (TPSA) is 45.1 Å². The van der Waals surface area contributed by atoms with Crippen molar-refractivity contribution in [3.05, 3.63) is 58.0 Å². The quantitative estimate of drug-likeness (QED) is 0.416. The summed E-state index contributed by atoms with van der Waals surface area (Å²) >= 11 is 6.36. The van der Waals surface area contributed by atoms with Crippen molar-refractivity contribution in [2.45, 2.75) is 26.3 Å². The van der Waals surface area contributed by atoms with Gasteiger partial charge in [-0.05, 0) is 42.3 Å². The summed E-state index contributed by atoms with van der Waals surface area (Å²) in [4.78, 5) is 12.6. The maximum atomic E-state index is 12.4. The molecule has 0 radical (unpaired) electrons. The van der Waals surface area contributed by atoms with Crippen molar-refractivity contribution < 1.29 is 17.9 Å². The minimum Gasteiger partial charge on any atom is -0.406 e. The average Bonchev–Trinajstić information content (AvgIpc) is 2.59. The lowest BCUT2D eigenvalue weighted by Crippen LogP contribution is -2.24. The highest BCUT2D eigenvalue weighted by Crippen LogP contribution is 2.32. The first-order valence-corrected chi connectivity index (χ1v) is 8.57. The van der Waals surface area contributed by atoms with Crippen molar-refractivity contribution >= 4 is 23.0 Å². The molecular formula is C18H19ClF3N3O2. The molecule has 0 aromatic heterocycles. The Morgan fingerprint density at radius 1 is 1.19 bits per heavy atom. The molecule has 9 heteroatoms. The van der Waals surface area contributed by atoms with Gasteiger partial charge < -0.3 is 9.64 Å². The Kier molecular flexibility index (Phi) is 6.90. The number of alkyl halides is 3. The van der Waals surface area contributed by atoms with E-state index in [1.165, 1.54) is 25.2 Å². The van der Waals surface area contributed by atoms with Crippen LogP contribution in [0.25, 0.3) is 0 Å². The Morgan fingerprint density at radius 3 is 2.52 bits per heavy atom. The lowest BCUT2D eigenvalue weighted by molar-refractivity contribution is -0.274. The van der Waals surface area contributed by atoms with Gasteiger partial charge in [0.05, 0.1) is 21.7 Å². The summed E-state index contributed by atoms with van der Waals surface area (Å²) in [6, 6.07) is 10.9. The number of hydrogen-bond acceptors (Lipinski definition) is 4. The second-order valence-electron chi connectivity index (χ2n) is 5.86. The number of halogens is 4. The first-order chi connectivity index (χ1) is 12.7. The van der Waals surface area contributed by atoms with Gasteiger partial charge in [0.2, 0.25) is 0 Å². The van der Waals surface area contributed by atoms with Crippen LogP contribution in [0.15, 0.2) is 47.8 Å². The standard InChI is InChI=1S/C18H19ClF3N3O2/c1-3-9-25(17-8-7-14(11-16(17)19)24(2)23-26)12-13-5-4-6-15(10-13)27-18(20,21)22/h4-8,10-11H,3,9,12H2,1-2H3. The van der Waals surface area contributed by atoms with Crippen LogP contribution in [0, 0.1) is 4.91 Å². The fraction of sp³-hybridized carbons (Fsp3) is 0.333. The minimum absolute atomic E-state index is 0.267. The highest BCUT2D eigenvalue weighted by atomic mass is 35.5. The third kappa shape index (κ3) is 6.02. The van der Waals surface area contributed by atoms with Crippen molar-refractivity contribution in [1.82, 2.24) is 0 Å². The molecule has 0 aliphatic heterocycles. The van der Waals surface area contributed by atoms with Gasteiger partial charge in [-0.3, -0.25) is 0 Å². The largest absolute Gasteiger partial charge is 0.573 e. The second kappa shape index (κ2) is 8.94. The van der Waals surface area contributed by atoms with E-state index >= 15 is 0 Å². The van der Waals surface area contributed by atoms with Crippen LogP contribution in [0.3, 0.4) is 0 Å². The first kappa shape index (κ1) is 20.8. The van der Waals surface area contributed by atoms with E-state index in [4.69, 9.17) is 11.6 Å². The van der Waals surface area contributed by atoms with Crippen molar-refractivity contribution in [3.8, 4) is 5.75 Å². The van der Waals surface area contributed by atoms with Crippen LogP contribution in [0.5, 0.6) is 5.75 Å². The molecule has 0 amide bonds. The van der Waals surface area contributed by atoms with Crippen LogP contribution in [-0.2, 0) is 6.54 Å². The predicted octanol–water partition coefficient (Wildman–Crippen LogP) is 5.77. The summed E-state index contributed by atoms with van der Waals surface area (Å²) in [6.45, 7) is 2.98. The number of nitroso groups, excluding NO2 is 1. The minimum atomic E-state index is -4.74. The van der Waals surface area contributed by atoms with Crippen LogP contribution in [-0.4, -0.2) is 20.0 Å². The molecule has 0 spiro atoms. The normalized spacial score (nSPS) is 11.2. The van der Waals surface area contributed by atoms with Crippen molar-refractivity contribution in [2.75, 3.05) is 23.5 Å². The van der Waals surface area contributed by atoms with E-state index in [1.54, 1.807) is 24.3 Å². The number of nitrogens with zero attached hydrogens (tertiary/aromatic N) is 3. The van der Waals surface area contributed by atoms with Gasteiger partial charge in [-0.1, -0.05) is 30.7 Å². The average molecular weight is 402 g/mol. The Labute approximate surface area is 160 Å². The molecule has 2 aromatic rings. The van der Waals surface area contributed by atoms with Gasteiger partial charge in [-0.2, -0.15) is 0 Å². The third-order valence-corrected chi connectivity index (χ3v) is 4.07. The number of hydrogen-bond donors (Lipinski definition) is 0. The molecule has 0 heterocycles. The Morgan fingerprint density at radius 2 is 1.93 bits per heavy atom. The molecule has 5 nitrogen and oxygen atoms in total. The molecule has 0 bridgehead atoms. The highest BCUT2D eigenvalue weighted by Gasteiger charge is 2.31. The summed E-state index contributed by atoms with van der Waals surface area (Å²) in [5, 5.41) is 4.39. The predicted molar refractivity (Wildman–Crippen MR) is 100 cm³/mol. The van der Waals surface area contributed by atoms with E-state index in [9.17, 15) is 18.1 Å². The smallest absolute Gasteiger partial charge is 0.406 e. The van der Waals surface area contributed by atoms with Gasteiger partial charge in [-0.15, -0.1) is 18.1 Å². The molecular weight excluding hydrogens is 383 g/mol. The SMILES string of the molecule is CCCN(Cc1cccc(OC(F)(F)F)c1)c1ccc(N(C)N=O)cc1Cl. The Hall–Kier alpha value is -2.48. The zero-order chi connectivity index (χ0) is 20.0. The second-order valence-corrected chi connectivity index (χ2v) is 6.26. The van der Waals surface area contributed by atoms with Crippen molar-refractivity contribution in [1.29, 1.82) is 0 Å². The van der Waals surface area contributed by atoms with Crippen LogP contribution < -0.4 is 14.6 Å². The molecule has 0 saturated carbocycles. The lowest BCUT2D eigenvalue weighted by Gasteiger charge is -2.26. The van der Waals surface area contributed by atoms with Gasteiger partial charge in [0.15, 0.2) is 0 Å². The molecule has 2 aromatic carbocycles. The molecule has 0 saturated heterocycles. The lowest BCUT2D eigenvalue weighted by atomic mass is 10.1. The van der Waals surface area contributed by atoms with Gasteiger partial charge in [0.1, 0.15) is 5.75 Å². The van der Waals surface area contributed by atoms with Crippen LogP contribution >= 0.6 is 11.6 Å². The maximum absolute atomic E-state index is 12.4. The fourth-order valence-electron chi connectivity index (χ4n) is 2.62. The summed E-state index contributed by atoms with van der Waals surface area (Å²) in [6.07, 6.45) is -3.92. The summed E-state index contributed by atoms with van der Waals surface area (Å²) in [5.74, 6) is -0.267. The zero-order valence-electron chi connectivity index (χ0n) is 14.8. The van der Waals surface area contributed by atoms with E-state index in [0.29, 0.717) is 35.1 Å². The number of anilines is 2. The number of rotatable bonds is 8. The molecule has 0 aliphatic carbocycles. The Balaban J connectivity index is 2.26. The molecule has 0 fully saturated rings. The van der Waals surface area contributed by atoms with E-state index in [-0.39, 0.29) is 5.75 Å². The molecule has 0 aliphatic rings. The molecule has 0 unspecified atom stereocenters. The third-order valence-electron chi connectivity index (χ3n) is 3.77. The zero-order valence-corrected chi connectivity index (χ0v) is 15.6. The maximum Gasteiger partial charge on any atom is 0.573 e. The number of ether oxygens (including phenoxy) is 1. The monoisotopic (exact) mass is 401 g/mol. The van der Waals surface area contributed by atoms with Gasteiger partial charge in [-0.25, -0.2) is 5.01 Å². The highest BCUT2D eigenvalue weighted by molar-refractivity contribution is 6.33. The molecule has 0 N–H and O–H groups in total. The van der Waals surface area contributed by atoms with Crippen LogP contribution in [0.4, 0.5) is 24.5 Å². The van der Waals surface area contributed by atoms with E-state index < -0.39 is 6.36 Å². The first-order valence-electron chi connectivity index (χ1n) is 8.19. The molecule has 2 rings (SSSR count). The summed E-state index contributed by atoms with van der Waals surface area (Å²) in [7, 11) is 1.51. The van der Waals surface area contributed by atoms with Crippen LogP contribution in [0.1, 0.15) is 18.9 Å². The Bertz CT molecular complexity index is 787. The molecule has 0 atom stereocenters. The van der Waals surface area contributed by atoms with E-state index in [0.717, 1.165) is 11.4 Å². The van der Waals surface area contributed by atoms with E-state index in [2.05, 4.69) is 10.0 Å². The van der Waals surface area contributed by atoms with Crippen molar-refractivity contribution in [2.24, 2.45) is 5.29 Å². The van der Waals surface area contributed by atoms with Gasteiger partial charge in [0, 0.05) is 20.1 Å². The van der Waals surface area contributed by atoms with Gasteiger partial charge >= 0.3 is 6.36 Å². The number of benzene rings is 2. The van der Waals surface area contributed by atoms with Crippen LogP contribution in [0.2, 0.25) is 5.02 Å². The van der Waals surface area contributed by atoms with E-state index in [1.807, 2.05) is 11.8 Å². The summed E-state index contributed by atoms with van der Waals surface area (Å²) < 4.78 is 41.2.